The number of hydrogen-bond acceptors (Lipinski definition) is 6. The molecule has 2 aromatic rings. The lowest BCUT2D eigenvalue weighted by molar-refractivity contribution is -0.386. The van der Waals surface area contributed by atoms with E-state index in [1.54, 1.807) is 30.3 Å². The van der Waals surface area contributed by atoms with Crippen molar-refractivity contribution in [3.8, 4) is 11.5 Å². The number of methoxy groups -OCH3 is 1. The first-order chi connectivity index (χ1) is 13.0. The topological polar surface area (TPSA) is 86.0 Å². The van der Waals surface area contributed by atoms with E-state index in [1.807, 2.05) is 0 Å². The molecule has 0 atom stereocenters. The first-order valence-corrected chi connectivity index (χ1v) is 8.96. The summed E-state index contributed by atoms with van der Waals surface area (Å²) in [4.78, 5) is 11.0. The standard InChI is InChI=1S/C19H22ClN3O4/c1-3-4-5-9-27-19-17(23(24)25)10-14(11-18(19)26-2)13-21-22-16-8-6-7-15(20)12-16/h6-8,10-13,22H,3-5,9H2,1-2H3. The molecular formula is C19H22ClN3O4. The lowest BCUT2D eigenvalue weighted by atomic mass is 10.2. The van der Waals surface area contributed by atoms with Gasteiger partial charge in [-0.1, -0.05) is 37.4 Å². The van der Waals surface area contributed by atoms with E-state index >= 15 is 0 Å². The van der Waals surface area contributed by atoms with Crippen molar-refractivity contribution in [2.24, 2.45) is 5.10 Å². The Morgan fingerprint density at radius 3 is 2.78 bits per heavy atom. The van der Waals surface area contributed by atoms with Gasteiger partial charge in [0.05, 0.1) is 30.5 Å². The van der Waals surface area contributed by atoms with Crippen LogP contribution in [0.15, 0.2) is 41.5 Å². The van der Waals surface area contributed by atoms with Crippen LogP contribution in [0, 0.1) is 10.1 Å². The van der Waals surface area contributed by atoms with Gasteiger partial charge in [0.1, 0.15) is 0 Å². The minimum atomic E-state index is -0.487. The molecule has 0 spiro atoms. The molecule has 0 aromatic heterocycles. The first kappa shape index (κ1) is 20.5. The van der Waals surface area contributed by atoms with Crippen molar-refractivity contribution in [1.82, 2.24) is 0 Å². The van der Waals surface area contributed by atoms with Crippen LogP contribution >= 0.6 is 11.6 Å². The quantitative estimate of drug-likeness (QED) is 0.258. The summed E-state index contributed by atoms with van der Waals surface area (Å²) >= 11 is 5.92. The summed E-state index contributed by atoms with van der Waals surface area (Å²) in [6.45, 7) is 2.48. The Morgan fingerprint density at radius 2 is 2.11 bits per heavy atom. The number of hydrogen-bond donors (Lipinski definition) is 1. The maximum atomic E-state index is 11.5. The molecule has 0 unspecified atom stereocenters. The van der Waals surface area contributed by atoms with Gasteiger partial charge in [0, 0.05) is 16.7 Å². The van der Waals surface area contributed by atoms with Crippen molar-refractivity contribution in [3.63, 3.8) is 0 Å². The van der Waals surface area contributed by atoms with Gasteiger partial charge in [-0.3, -0.25) is 15.5 Å². The van der Waals surface area contributed by atoms with Gasteiger partial charge >= 0.3 is 5.69 Å². The number of nitro benzene ring substituents is 1. The number of hydrazone groups is 1. The molecule has 2 rings (SSSR count). The third-order valence-corrected chi connectivity index (χ3v) is 3.94. The number of unbranched alkanes of at least 4 members (excludes halogenated alkanes) is 2. The van der Waals surface area contributed by atoms with Crippen LogP contribution in [0.1, 0.15) is 31.7 Å². The molecule has 0 bridgehead atoms. The fourth-order valence-corrected chi connectivity index (χ4v) is 2.57. The fraction of sp³-hybridized carbons (Fsp3) is 0.316. The molecule has 1 N–H and O–H groups in total. The minimum absolute atomic E-state index is 0.138. The summed E-state index contributed by atoms with van der Waals surface area (Å²) in [6.07, 6.45) is 4.33. The predicted octanol–water partition coefficient (Wildman–Crippen LogP) is 5.27. The zero-order valence-electron chi connectivity index (χ0n) is 15.3. The molecule has 0 radical (unpaired) electrons. The Bertz CT molecular complexity index is 812. The molecular weight excluding hydrogens is 370 g/mol. The van der Waals surface area contributed by atoms with Crippen molar-refractivity contribution in [3.05, 3.63) is 57.1 Å². The van der Waals surface area contributed by atoms with E-state index in [-0.39, 0.29) is 11.4 Å². The van der Waals surface area contributed by atoms with Crippen LogP contribution in [0.4, 0.5) is 11.4 Å². The SMILES string of the molecule is CCCCCOc1c(OC)cc(C=NNc2cccc(Cl)c2)cc1[N+](=O)[O-]. The number of nitro groups is 1. The number of ether oxygens (including phenoxy) is 2. The molecule has 0 fully saturated rings. The van der Waals surface area contributed by atoms with Crippen LogP contribution < -0.4 is 14.9 Å². The largest absolute Gasteiger partial charge is 0.493 e. The number of benzene rings is 2. The summed E-state index contributed by atoms with van der Waals surface area (Å²) in [5, 5.41) is 16.1. The second-order valence-corrected chi connectivity index (χ2v) is 6.20. The van der Waals surface area contributed by atoms with E-state index in [0.29, 0.717) is 28.6 Å². The van der Waals surface area contributed by atoms with Gasteiger partial charge in [-0.15, -0.1) is 0 Å². The zero-order valence-corrected chi connectivity index (χ0v) is 16.0. The number of halogens is 1. The molecule has 0 amide bonds. The lowest BCUT2D eigenvalue weighted by Crippen LogP contribution is -2.04. The van der Waals surface area contributed by atoms with Crippen LogP contribution in [-0.4, -0.2) is 24.9 Å². The molecule has 0 aliphatic heterocycles. The molecule has 27 heavy (non-hydrogen) atoms. The molecule has 0 heterocycles. The Morgan fingerprint density at radius 1 is 1.30 bits per heavy atom. The summed E-state index contributed by atoms with van der Waals surface area (Å²) in [5.41, 5.74) is 3.88. The first-order valence-electron chi connectivity index (χ1n) is 8.59. The number of anilines is 1. The monoisotopic (exact) mass is 391 g/mol. The second-order valence-electron chi connectivity index (χ2n) is 5.76. The number of nitrogens with one attached hydrogen (secondary N) is 1. The van der Waals surface area contributed by atoms with Gasteiger partial charge in [0.25, 0.3) is 0 Å². The fourth-order valence-electron chi connectivity index (χ4n) is 2.38. The third-order valence-electron chi connectivity index (χ3n) is 3.70. The van der Waals surface area contributed by atoms with Gasteiger partial charge in [0.2, 0.25) is 5.75 Å². The summed E-state index contributed by atoms with van der Waals surface area (Å²) < 4.78 is 10.9. The lowest BCUT2D eigenvalue weighted by Gasteiger charge is -2.11. The maximum Gasteiger partial charge on any atom is 0.315 e. The van der Waals surface area contributed by atoms with Crippen LogP contribution in [0.25, 0.3) is 0 Å². The molecule has 2 aromatic carbocycles. The highest BCUT2D eigenvalue weighted by Gasteiger charge is 2.22. The Kier molecular flexibility index (Phi) is 7.88. The van der Waals surface area contributed by atoms with E-state index in [2.05, 4.69) is 17.5 Å². The third kappa shape index (κ3) is 6.14. The highest BCUT2D eigenvalue weighted by atomic mass is 35.5. The van der Waals surface area contributed by atoms with Gasteiger partial charge in [-0.2, -0.15) is 5.10 Å². The molecule has 0 saturated carbocycles. The highest BCUT2D eigenvalue weighted by molar-refractivity contribution is 6.30. The zero-order chi connectivity index (χ0) is 19.6. The van der Waals surface area contributed by atoms with E-state index in [0.717, 1.165) is 19.3 Å². The van der Waals surface area contributed by atoms with Gasteiger partial charge < -0.3 is 9.47 Å². The normalized spacial score (nSPS) is 10.8. The molecule has 0 aliphatic carbocycles. The van der Waals surface area contributed by atoms with Gasteiger partial charge in [0.15, 0.2) is 5.75 Å². The summed E-state index contributed by atoms with van der Waals surface area (Å²) in [5.74, 6) is 0.434. The van der Waals surface area contributed by atoms with Crippen LogP contribution in [0.5, 0.6) is 11.5 Å². The van der Waals surface area contributed by atoms with Crippen molar-refractivity contribution in [2.75, 3.05) is 19.1 Å². The van der Waals surface area contributed by atoms with Crippen LogP contribution in [0.2, 0.25) is 5.02 Å². The van der Waals surface area contributed by atoms with Crippen molar-refractivity contribution < 1.29 is 14.4 Å². The van der Waals surface area contributed by atoms with Crippen molar-refractivity contribution >= 4 is 29.2 Å². The summed E-state index contributed by atoms with van der Waals surface area (Å²) in [6, 6.07) is 10.1. The van der Waals surface area contributed by atoms with Crippen LogP contribution in [-0.2, 0) is 0 Å². The van der Waals surface area contributed by atoms with Gasteiger partial charge in [-0.25, -0.2) is 0 Å². The molecule has 0 aliphatic rings. The second kappa shape index (κ2) is 10.4. The smallest absolute Gasteiger partial charge is 0.315 e. The average molecular weight is 392 g/mol. The molecule has 144 valence electrons. The molecule has 7 nitrogen and oxygen atoms in total. The molecule has 0 saturated heterocycles. The minimum Gasteiger partial charge on any atom is -0.493 e. The van der Waals surface area contributed by atoms with E-state index < -0.39 is 4.92 Å². The number of rotatable bonds is 10. The van der Waals surface area contributed by atoms with E-state index in [9.17, 15) is 10.1 Å². The van der Waals surface area contributed by atoms with Crippen molar-refractivity contribution in [1.29, 1.82) is 0 Å². The van der Waals surface area contributed by atoms with Gasteiger partial charge in [-0.05, 0) is 30.7 Å². The predicted molar refractivity (Wildman–Crippen MR) is 107 cm³/mol. The van der Waals surface area contributed by atoms with E-state index in [4.69, 9.17) is 21.1 Å². The maximum absolute atomic E-state index is 11.5. The average Bonchev–Trinajstić information content (AvgIpc) is 2.65. The summed E-state index contributed by atoms with van der Waals surface area (Å²) in [7, 11) is 1.45. The van der Waals surface area contributed by atoms with Crippen LogP contribution in [0.3, 0.4) is 0 Å². The van der Waals surface area contributed by atoms with E-state index in [1.165, 1.54) is 19.4 Å². The Labute approximate surface area is 163 Å². The van der Waals surface area contributed by atoms with Crippen molar-refractivity contribution in [2.45, 2.75) is 26.2 Å². The number of nitrogens with zero attached hydrogens (tertiary/aromatic N) is 2. The molecule has 8 heteroatoms. The Hall–Kier alpha value is -2.80. The Balaban J connectivity index is 2.20. The highest BCUT2D eigenvalue weighted by Crippen LogP contribution is 2.38.